The van der Waals surface area contributed by atoms with E-state index < -0.39 is 11.4 Å². The molecule has 18 heavy (non-hydrogen) atoms. The smallest absolute Gasteiger partial charge is 0.167 e. The molecule has 1 aromatic rings. The molecule has 3 nitrogen and oxygen atoms in total. The van der Waals surface area contributed by atoms with Gasteiger partial charge in [0.15, 0.2) is 5.79 Å². The standard InChI is InChI=1S/C15H20O3/c1-14-10-6-9-13(17-14)15(2,18-14)11-7-4-5-8-12(11)16-3/h4-5,7-8,13H,6,9-10H2,1-3H3/t13-,14-,15+/m1/s1. The predicted octanol–water partition coefficient (Wildman–Crippen LogP) is 3.23. The van der Waals surface area contributed by atoms with Gasteiger partial charge in [-0.2, -0.15) is 0 Å². The van der Waals surface area contributed by atoms with Crippen molar-refractivity contribution in [3.8, 4) is 5.75 Å². The molecule has 0 radical (unpaired) electrons. The monoisotopic (exact) mass is 248 g/mol. The molecular formula is C15H20O3. The Hall–Kier alpha value is -1.06. The minimum atomic E-state index is -0.432. The van der Waals surface area contributed by atoms with E-state index in [9.17, 15) is 0 Å². The van der Waals surface area contributed by atoms with Gasteiger partial charge in [0.05, 0.1) is 13.2 Å². The summed E-state index contributed by atoms with van der Waals surface area (Å²) in [5.41, 5.74) is 0.681. The van der Waals surface area contributed by atoms with Crippen molar-refractivity contribution in [1.29, 1.82) is 0 Å². The zero-order valence-corrected chi connectivity index (χ0v) is 11.2. The number of fused-ring (bicyclic) bond motifs is 2. The Morgan fingerprint density at radius 3 is 2.78 bits per heavy atom. The van der Waals surface area contributed by atoms with Crippen LogP contribution in [0.4, 0.5) is 0 Å². The fourth-order valence-electron chi connectivity index (χ4n) is 3.29. The van der Waals surface area contributed by atoms with Crippen LogP contribution in [-0.4, -0.2) is 19.0 Å². The van der Waals surface area contributed by atoms with Gasteiger partial charge in [-0.1, -0.05) is 18.2 Å². The van der Waals surface area contributed by atoms with E-state index in [4.69, 9.17) is 14.2 Å². The van der Waals surface area contributed by atoms with Crippen molar-refractivity contribution in [2.24, 2.45) is 0 Å². The number of hydrogen-bond acceptors (Lipinski definition) is 3. The summed E-state index contributed by atoms with van der Waals surface area (Å²) >= 11 is 0. The average Bonchev–Trinajstić information content (AvgIpc) is 2.55. The highest BCUT2D eigenvalue weighted by Crippen LogP contribution is 2.52. The minimum absolute atomic E-state index is 0.118. The van der Waals surface area contributed by atoms with Crippen molar-refractivity contribution >= 4 is 0 Å². The summed E-state index contributed by atoms with van der Waals surface area (Å²) in [4.78, 5) is 0. The average molecular weight is 248 g/mol. The highest BCUT2D eigenvalue weighted by molar-refractivity contribution is 5.39. The Morgan fingerprint density at radius 2 is 2.06 bits per heavy atom. The Morgan fingerprint density at radius 1 is 1.28 bits per heavy atom. The summed E-state index contributed by atoms with van der Waals surface area (Å²) in [7, 11) is 1.70. The van der Waals surface area contributed by atoms with Crippen molar-refractivity contribution in [3.63, 3.8) is 0 Å². The van der Waals surface area contributed by atoms with Gasteiger partial charge < -0.3 is 14.2 Å². The van der Waals surface area contributed by atoms with E-state index in [2.05, 4.69) is 13.0 Å². The number of para-hydroxylation sites is 1. The van der Waals surface area contributed by atoms with Crippen molar-refractivity contribution in [1.82, 2.24) is 0 Å². The van der Waals surface area contributed by atoms with Crippen LogP contribution in [0.25, 0.3) is 0 Å². The highest BCUT2D eigenvalue weighted by atomic mass is 16.8. The van der Waals surface area contributed by atoms with Gasteiger partial charge >= 0.3 is 0 Å². The van der Waals surface area contributed by atoms with Crippen LogP contribution in [0.5, 0.6) is 5.75 Å². The van der Waals surface area contributed by atoms with Gasteiger partial charge in [-0.3, -0.25) is 0 Å². The molecule has 3 heteroatoms. The van der Waals surface area contributed by atoms with Crippen LogP contribution < -0.4 is 4.74 Å². The molecule has 2 saturated heterocycles. The van der Waals surface area contributed by atoms with Crippen LogP contribution in [0, 0.1) is 0 Å². The van der Waals surface area contributed by atoms with Gasteiger partial charge in [-0.05, 0) is 32.8 Å². The highest BCUT2D eigenvalue weighted by Gasteiger charge is 2.55. The quantitative estimate of drug-likeness (QED) is 0.804. The fraction of sp³-hybridized carbons (Fsp3) is 0.600. The summed E-state index contributed by atoms with van der Waals surface area (Å²) in [6.07, 6.45) is 3.29. The third-order valence-corrected chi connectivity index (χ3v) is 4.17. The molecule has 2 aliphatic rings. The zero-order chi connectivity index (χ0) is 12.8. The molecule has 3 rings (SSSR count). The van der Waals surface area contributed by atoms with Gasteiger partial charge in [-0.15, -0.1) is 0 Å². The Balaban J connectivity index is 2.05. The van der Waals surface area contributed by atoms with E-state index in [0.717, 1.165) is 30.6 Å². The molecule has 0 aromatic heterocycles. The summed E-state index contributed by atoms with van der Waals surface area (Å²) in [5.74, 6) is 0.443. The van der Waals surface area contributed by atoms with Crippen molar-refractivity contribution < 1.29 is 14.2 Å². The van der Waals surface area contributed by atoms with E-state index in [-0.39, 0.29) is 6.10 Å². The van der Waals surface area contributed by atoms with E-state index in [1.165, 1.54) is 0 Å². The second-order valence-electron chi connectivity index (χ2n) is 5.54. The first kappa shape index (κ1) is 12.0. The van der Waals surface area contributed by atoms with Crippen LogP contribution >= 0.6 is 0 Å². The van der Waals surface area contributed by atoms with E-state index in [1.807, 2.05) is 25.1 Å². The summed E-state index contributed by atoms with van der Waals surface area (Å²) in [6.45, 7) is 4.16. The molecule has 2 fully saturated rings. The third kappa shape index (κ3) is 1.65. The SMILES string of the molecule is COc1ccccc1[C@]1(C)O[C@]2(C)CCC[C@H]1O2. The molecule has 1 aromatic carbocycles. The second-order valence-corrected chi connectivity index (χ2v) is 5.54. The maximum absolute atomic E-state index is 6.29. The normalized spacial score (nSPS) is 38.7. The Kier molecular flexibility index (Phi) is 2.65. The van der Waals surface area contributed by atoms with Crippen LogP contribution in [0.2, 0.25) is 0 Å². The van der Waals surface area contributed by atoms with Crippen LogP contribution in [-0.2, 0) is 15.1 Å². The number of ether oxygens (including phenoxy) is 3. The molecule has 3 atom stereocenters. The molecule has 0 saturated carbocycles. The third-order valence-electron chi connectivity index (χ3n) is 4.17. The molecule has 0 aliphatic carbocycles. The second kappa shape index (κ2) is 3.97. The molecular weight excluding hydrogens is 228 g/mol. The first-order valence-corrected chi connectivity index (χ1v) is 6.59. The minimum Gasteiger partial charge on any atom is -0.496 e. The topological polar surface area (TPSA) is 27.7 Å². The lowest BCUT2D eigenvalue weighted by atomic mass is 9.87. The molecule has 0 spiro atoms. The van der Waals surface area contributed by atoms with E-state index in [0.29, 0.717) is 0 Å². The lowest BCUT2D eigenvalue weighted by Crippen LogP contribution is -2.34. The maximum atomic E-state index is 6.29. The van der Waals surface area contributed by atoms with Gasteiger partial charge in [0.1, 0.15) is 11.4 Å². The summed E-state index contributed by atoms with van der Waals surface area (Å²) in [5, 5.41) is 0. The van der Waals surface area contributed by atoms with Gasteiger partial charge in [-0.25, -0.2) is 0 Å². The van der Waals surface area contributed by atoms with Gasteiger partial charge in [0, 0.05) is 12.0 Å². The van der Waals surface area contributed by atoms with Crippen molar-refractivity contribution in [2.45, 2.75) is 50.6 Å². The van der Waals surface area contributed by atoms with Gasteiger partial charge in [0.2, 0.25) is 0 Å². The first-order valence-electron chi connectivity index (χ1n) is 6.59. The lowest BCUT2D eigenvalue weighted by molar-refractivity contribution is -0.189. The van der Waals surface area contributed by atoms with Gasteiger partial charge in [0.25, 0.3) is 0 Å². The Labute approximate surface area is 108 Å². The number of benzene rings is 1. The van der Waals surface area contributed by atoms with Crippen LogP contribution in [0.15, 0.2) is 24.3 Å². The maximum Gasteiger partial charge on any atom is 0.167 e. The number of hydrogen-bond donors (Lipinski definition) is 0. The van der Waals surface area contributed by atoms with E-state index >= 15 is 0 Å². The molecule has 0 unspecified atom stereocenters. The number of rotatable bonds is 2. The predicted molar refractivity (Wildman–Crippen MR) is 68.6 cm³/mol. The summed E-state index contributed by atoms with van der Waals surface area (Å²) < 4.78 is 17.8. The summed E-state index contributed by atoms with van der Waals surface area (Å²) in [6, 6.07) is 8.06. The zero-order valence-electron chi connectivity index (χ0n) is 11.2. The Bertz CT molecular complexity index is 459. The number of methoxy groups -OCH3 is 1. The molecule has 2 aliphatic heterocycles. The van der Waals surface area contributed by atoms with Crippen molar-refractivity contribution in [3.05, 3.63) is 29.8 Å². The molecule has 0 N–H and O–H groups in total. The molecule has 2 bridgehead atoms. The fourth-order valence-corrected chi connectivity index (χ4v) is 3.29. The van der Waals surface area contributed by atoms with Crippen LogP contribution in [0.1, 0.15) is 38.7 Å². The first-order chi connectivity index (χ1) is 8.57. The largest absolute Gasteiger partial charge is 0.496 e. The van der Waals surface area contributed by atoms with E-state index in [1.54, 1.807) is 7.11 Å². The molecule has 98 valence electrons. The van der Waals surface area contributed by atoms with Crippen LogP contribution in [0.3, 0.4) is 0 Å². The molecule has 2 heterocycles. The van der Waals surface area contributed by atoms with Crippen molar-refractivity contribution in [2.75, 3.05) is 7.11 Å². The molecule has 0 amide bonds. The lowest BCUT2D eigenvalue weighted by Gasteiger charge is -2.29.